The Balaban J connectivity index is 1.74. The van der Waals surface area contributed by atoms with Crippen molar-refractivity contribution >= 4 is 5.91 Å². The molecular formula is C22H28N2O3. The van der Waals surface area contributed by atoms with Gasteiger partial charge in [0.05, 0.1) is 13.2 Å². The standard InChI is InChI=1S/C22H28N2O3/c1-2-24-10-4-7-20(24)13-23-22(27)18-6-3-5-17(12-18)21-9-8-16(14-25)11-19(21)15-26/h3,5-6,8-9,11-12,20,25-26H,2,4,7,10,13-15H2,1H3,(H,23,27)/t20-/m1/s1. The second-order valence-corrected chi connectivity index (χ2v) is 7.02. The Hall–Kier alpha value is -2.21. The fraction of sp³-hybridized carbons (Fsp3) is 0.409. The highest BCUT2D eigenvalue weighted by Crippen LogP contribution is 2.26. The topological polar surface area (TPSA) is 72.8 Å². The molecule has 0 aliphatic carbocycles. The second-order valence-electron chi connectivity index (χ2n) is 7.02. The Labute approximate surface area is 160 Å². The van der Waals surface area contributed by atoms with E-state index in [0.717, 1.165) is 41.8 Å². The van der Waals surface area contributed by atoms with Crippen LogP contribution in [0, 0.1) is 0 Å². The van der Waals surface area contributed by atoms with E-state index < -0.39 is 0 Å². The van der Waals surface area contributed by atoms with Gasteiger partial charge in [0.25, 0.3) is 5.91 Å². The van der Waals surface area contributed by atoms with Crippen LogP contribution >= 0.6 is 0 Å². The summed E-state index contributed by atoms with van der Waals surface area (Å²) in [6.07, 6.45) is 2.32. The van der Waals surface area contributed by atoms with Gasteiger partial charge in [-0.15, -0.1) is 0 Å². The first-order valence-corrected chi connectivity index (χ1v) is 9.62. The molecule has 5 heteroatoms. The van der Waals surface area contributed by atoms with Gasteiger partial charge in [-0.05, 0) is 60.3 Å². The smallest absolute Gasteiger partial charge is 0.251 e. The van der Waals surface area contributed by atoms with Crippen molar-refractivity contribution in [3.63, 3.8) is 0 Å². The first-order valence-electron chi connectivity index (χ1n) is 9.62. The number of aliphatic hydroxyl groups excluding tert-OH is 2. The van der Waals surface area contributed by atoms with E-state index in [1.165, 1.54) is 6.42 Å². The third kappa shape index (κ3) is 4.56. The minimum Gasteiger partial charge on any atom is -0.392 e. The second kappa shape index (κ2) is 9.13. The van der Waals surface area contributed by atoms with Crippen LogP contribution in [0.15, 0.2) is 42.5 Å². The molecule has 0 saturated carbocycles. The number of aliphatic hydroxyl groups is 2. The summed E-state index contributed by atoms with van der Waals surface area (Å²) in [7, 11) is 0. The van der Waals surface area contributed by atoms with Crippen LogP contribution in [-0.4, -0.2) is 46.7 Å². The molecule has 1 heterocycles. The number of benzene rings is 2. The van der Waals surface area contributed by atoms with Crippen LogP contribution in [0.2, 0.25) is 0 Å². The van der Waals surface area contributed by atoms with Gasteiger partial charge in [0.1, 0.15) is 0 Å². The summed E-state index contributed by atoms with van der Waals surface area (Å²) >= 11 is 0. The van der Waals surface area contributed by atoms with E-state index in [1.54, 1.807) is 6.07 Å². The minimum absolute atomic E-state index is 0.0638. The normalized spacial score (nSPS) is 17.2. The average molecular weight is 368 g/mol. The van der Waals surface area contributed by atoms with E-state index in [4.69, 9.17) is 0 Å². The molecule has 0 aromatic heterocycles. The lowest BCUT2D eigenvalue weighted by Gasteiger charge is -2.22. The number of carbonyl (C=O) groups is 1. The highest BCUT2D eigenvalue weighted by molar-refractivity contribution is 5.95. The lowest BCUT2D eigenvalue weighted by atomic mass is 9.96. The number of nitrogens with zero attached hydrogens (tertiary/aromatic N) is 1. The van der Waals surface area contributed by atoms with Crippen LogP contribution < -0.4 is 5.32 Å². The van der Waals surface area contributed by atoms with Gasteiger partial charge in [0.2, 0.25) is 0 Å². The largest absolute Gasteiger partial charge is 0.392 e. The van der Waals surface area contributed by atoms with Gasteiger partial charge in [0, 0.05) is 18.2 Å². The highest BCUT2D eigenvalue weighted by atomic mass is 16.3. The first-order chi connectivity index (χ1) is 13.2. The van der Waals surface area contributed by atoms with Gasteiger partial charge in [-0.25, -0.2) is 0 Å². The van der Waals surface area contributed by atoms with Gasteiger partial charge in [-0.3, -0.25) is 9.69 Å². The zero-order valence-electron chi connectivity index (χ0n) is 15.8. The van der Waals surface area contributed by atoms with E-state index in [2.05, 4.69) is 17.1 Å². The molecule has 5 nitrogen and oxygen atoms in total. The Morgan fingerprint density at radius 3 is 2.78 bits per heavy atom. The van der Waals surface area contributed by atoms with Crippen LogP contribution in [0.5, 0.6) is 0 Å². The predicted octanol–water partition coefficient (Wildman–Crippen LogP) is 2.55. The molecule has 0 unspecified atom stereocenters. The molecule has 27 heavy (non-hydrogen) atoms. The van der Waals surface area contributed by atoms with Crippen LogP contribution in [0.4, 0.5) is 0 Å². The average Bonchev–Trinajstić information content (AvgIpc) is 3.19. The van der Waals surface area contributed by atoms with Gasteiger partial charge in [0.15, 0.2) is 0 Å². The van der Waals surface area contributed by atoms with E-state index >= 15 is 0 Å². The first kappa shape index (κ1) is 19.5. The third-order valence-electron chi connectivity index (χ3n) is 5.36. The number of likely N-dealkylation sites (N-methyl/N-ethyl adjacent to an activating group) is 1. The van der Waals surface area contributed by atoms with Crippen molar-refractivity contribution in [2.75, 3.05) is 19.6 Å². The zero-order valence-corrected chi connectivity index (χ0v) is 15.8. The maximum absolute atomic E-state index is 12.6. The molecule has 1 saturated heterocycles. The maximum Gasteiger partial charge on any atom is 0.251 e. The lowest BCUT2D eigenvalue weighted by Crippen LogP contribution is -2.40. The molecule has 2 aromatic rings. The minimum atomic E-state index is -0.117. The number of amides is 1. The Bertz CT molecular complexity index is 791. The van der Waals surface area contributed by atoms with E-state index in [-0.39, 0.29) is 19.1 Å². The molecule has 2 aromatic carbocycles. The van der Waals surface area contributed by atoms with Crippen molar-refractivity contribution in [2.45, 2.75) is 39.0 Å². The van der Waals surface area contributed by atoms with Crippen molar-refractivity contribution in [1.82, 2.24) is 10.2 Å². The van der Waals surface area contributed by atoms with Crippen molar-refractivity contribution in [3.8, 4) is 11.1 Å². The van der Waals surface area contributed by atoms with Crippen LogP contribution in [0.3, 0.4) is 0 Å². The summed E-state index contributed by atoms with van der Waals surface area (Å²) in [4.78, 5) is 15.0. The van der Waals surface area contributed by atoms with Gasteiger partial charge in [-0.1, -0.05) is 37.3 Å². The zero-order chi connectivity index (χ0) is 19.2. The quantitative estimate of drug-likeness (QED) is 0.702. The monoisotopic (exact) mass is 368 g/mol. The summed E-state index contributed by atoms with van der Waals surface area (Å²) in [6.45, 7) is 4.78. The van der Waals surface area contributed by atoms with Gasteiger partial charge in [-0.2, -0.15) is 0 Å². The molecule has 0 spiro atoms. The lowest BCUT2D eigenvalue weighted by molar-refractivity contribution is 0.0941. The van der Waals surface area contributed by atoms with Crippen molar-refractivity contribution < 1.29 is 15.0 Å². The predicted molar refractivity (Wildman–Crippen MR) is 106 cm³/mol. The summed E-state index contributed by atoms with van der Waals surface area (Å²) in [5, 5.41) is 22.0. The number of hydrogen-bond acceptors (Lipinski definition) is 4. The number of likely N-dealkylation sites (tertiary alicyclic amines) is 1. The Morgan fingerprint density at radius 2 is 2.04 bits per heavy atom. The summed E-state index contributed by atoms with van der Waals surface area (Å²) in [6, 6.07) is 13.4. The molecule has 1 aliphatic rings. The molecule has 1 atom stereocenters. The number of rotatable bonds is 7. The number of hydrogen-bond donors (Lipinski definition) is 3. The fourth-order valence-corrected chi connectivity index (χ4v) is 3.84. The van der Waals surface area contributed by atoms with Crippen molar-refractivity contribution in [2.24, 2.45) is 0 Å². The maximum atomic E-state index is 12.6. The molecule has 0 radical (unpaired) electrons. The number of carbonyl (C=O) groups excluding carboxylic acids is 1. The van der Waals surface area contributed by atoms with Crippen molar-refractivity contribution in [1.29, 1.82) is 0 Å². The van der Waals surface area contributed by atoms with E-state index in [9.17, 15) is 15.0 Å². The van der Waals surface area contributed by atoms with Crippen molar-refractivity contribution in [3.05, 3.63) is 59.2 Å². The third-order valence-corrected chi connectivity index (χ3v) is 5.36. The van der Waals surface area contributed by atoms with Gasteiger partial charge >= 0.3 is 0 Å². The molecule has 1 aliphatic heterocycles. The molecule has 1 fully saturated rings. The van der Waals surface area contributed by atoms with Crippen LogP contribution in [-0.2, 0) is 13.2 Å². The summed E-state index contributed by atoms with van der Waals surface area (Å²) in [5.41, 5.74) is 3.87. The fourth-order valence-electron chi connectivity index (χ4n) is 3.84. The highest BCUT2D eigenvalue weighted by Gasteiger charge is 2.23. The van der Waals surface area contributed by atoms with Crippen LogP contribution in [0.1, 0.15) is 41.3 Å². The van der Waals surface area contributed by atoms with Crippen LogP contribution in [0.25, 0.3) is 11.1 Å². The molecular weight excluding hydrogens is 340 g/mol. The van der Waals surface area contributed by atoms with E-state index in [0.29, 0.717) is 18.2 Å². The summed E-state index contributed by atoms with van der Waals surface area (Å²) < 4.78 is 0. The Morgan fingerprint density at radius 1 is 1.19 bits per heavy atom. The van der Waals surface area contributed by atoms with E-state index in [1.807, 2.05) is 36.4 Å². The molecule has 0 bridgehead atoms. The SMILES string of the molecule is CCN1CCC[C@@H]1CNC(=O)c1cccc(-c2ccc(CO)cc2CO)c1. The molecule has 1 amide bonds. The molecule has 144 valence electrons. The Kier molecular flexibility index (Phi) is 6.61. The molecule has 3 N–H and O–H groups in total. The summed E-state index contributed by atoms with van der Waals surface area (Å²) in [5.74, 6) is -0.0719. The number of nitrogens with one attached hydrogen (secondary N) is 1. The molecule has 3 rings (SSSR count). The van der Waals surface area contributed by atoms with Gasteiger partial charge < -0.3 is 15.5 Å².